The van der Waals surface area contributed by atoms with E-state index in [0.717, 1.165) is 24.9 Å². The Kier molecular flexibility index (Phi) is 4.05. The minimum Gasteiger partial charge on any atom is -0.457 e. The zero-order valence-electron chi connectivity index (χ0n) is 8.08. The van der Waals surface area contributed by atoms with Gasteiger partial charge in [-0.1, -0.05) is 53.9 Å². The smallest absolute Gasteiger partial charge is 0.129 e. The van der Waals surface area contributed by atoms with Crippen molar-refractivity contribution < 1.29 is 4.74 Å². The van der Waals surface area contributed by atoms with Crippen molar-refractivity contribution >= 4 is 47.8 Å². The quantitative estimate of drug-likeness (QED) is 0.615. The zero-order chi connectivity index (χ0) is 11.5. The van der Waals surface area contributed by atoms with Crippen LogP contribution in [0.3, 0.4) is 0 Å². The van der Waals surface area contributed by atoms with Crippen LogP contribution < -0.4 is 4.74 Å². The number of hydrogen-bond donors (Lipinski definition) is 0. The molecule has 0 aromatic heterocycles. The number of benzene rings is 2. The molecular formula is C12H7Br3O. The summed E-state index contributed by atoms with van der Waals surface area (Å²) in [5, 5.41) is 0. The Morgan fingerprint density at radius 1 is 0.688 bits per heavy atom. The van der Waals surface area contributed by atoms with Gasteiger partial charge in [0.15, 0.2) is 0 Å². The molecule has 0 aliphatic carbocycles. The summed E-state index contributed by atoms with van der Waals surface area (Å²) >= 11 is 10.2. The molecule has 1 nitrogen and oxygen atoms in total. The van der Waals surface area contributed by atoms with Crippen molar-refractivity contribution in [1.82, 2.24) is 0 Å². The molecule has 0 saturated heterocycles. The van der Waals surface area contributed by atoms with Gasteiger partial charge in [0.05, 0.1) is 0 Å². The minimum absolute atomic E-state index is 0.791. The van der Waals surface area contributed by atoms with Crippen LogP contribution in [0.2, 0.25) is 0 Å². The van der Waals surface area contributed by atoms with Crippen LogP contribution in [-0.2, 0) is 0 Å². The minimum atomic E-state index is 0.791. The highest BCUT2D eigenvalue weighted by Crippen LogP contribution is 2.29. The summed E-state index contributed by atoms with van der Waals surface area (Å²) in [7, 11) is 0. The molecule has 4 heteroatoms. The van der Waals surface area contributed by atoms with E-state index >= 15 is 0 Å². The summed E-state index contributed by atoms with van der Waals surface area (Å²) in [6.45, 7) is 0. The van der Waals surface area contributed by atoms with Gasteiger partial charge in [0.2, 0.25) is 0 Å². The van der Waals surface area contributed by atoms with Crippen LogP contribution in [0, 0.1) is 0 Å². The third-order valence-electron chi connectivity index (χ3n) is 1.87. The second-order valence-electron chi connectivity index (χ2n) is 3.16. The fraction of sp³-hybridized carbons (Fsp3) is 0. The van der Waals surface area contributed by atoms with Gasteiger partial charge in [0.25, 0.3) is 0 Å². The Morgan fingerprint density at radius 2 is 1.31 bits per heavy atom. The fourth-order valence-corrected chi connectivity index (χ4v) is 2.88. The number of hydrogen-bond acceptors (Lipinski definition) is 1. The summed E-state index contributed by atoms with van der Waals surface area (Å²) in [6.07, 6.45) is 0. The third-order valence-corrected chi connectivity index (χ3v) is 3.28. The lowest BCUT2D eigenvalue weighted by molar-refractivity contribution is 0.481. The molecule has 0 aliphatic heterocycles. The molecule has 0 bridgehead atoms. The van der Waals surface area contributed by atoms with E-state index in [4.69, 9.17) is 4.74 Å². The van der Waals surface area contributed by atoms with Crippen LogP contribution in [0.1, 0.15) is 0 Å². The van der Waals surface area contributed by atoms with Crippen LogP contribution in [-0.4, -0.2) is 0 Å². The van der Waals surface area contributed by atoms with Crippen molar-refractivity contribution in [3.8, 4) is 11.5 Å². The SMILES string of the molecule is Brc1cccc(Oc2cc(Br)cc(Br)c2)c1. The maximum Gasteiger partial charge on any atom is 0.129 e. The second kappa shape index (κ2) is 5.34. The Labute approximate surface area is 119 Å². The van der Waals surface area contributed by atoms with Crippen molar-refractivity contribution in [3.05, 3.63) is 55.9 Å². The standard InChI is InChI=1S/C12H7Br3O/c13-8-2-1-3-11(5-8)16-12-6-9(14)4-10(15)7-12/h1-7H. The average Bonchev–Trinajstić information content (AvgIpc) is 2.15. The van der Waals surface area contributed by atoms with Gasteiger partial charge in [-0.15, -0.1) is 0 Å². The van der Waals surface area contributed by atoms with E-state index in [1.54, 1.807) is 0 Å². The van der Waals surface area contributed by atoms with Crippen LogP contribution in [0.15, 0.2) is 55.9 Å². The molecular weight excluding hydrogens is 400 g/mol. The van der Waals surface area contributed by atoms with E-state index in [0.29, 0.717) is 0 Å². The Morgan fingerprint density at radius 3 is 1.94 bits per heavy atom. The molecule has 2 aromatic carbocycles. The van der Waals surface area contributed by atoms with Gasteiger partial charge >= 0.3 is 0 Å². The van der Waals surface area contributed by atoms with Crippen molar-refractivity contribution in [2.45, 2.75) is 0 Å². The van der Waals surface area contributed by atoms with Crippen LogP contribution >= 0.6 is 47.8 Å². The molecule has 0 saturated carbocycles. The lowest BCUT2D eigenvalue weighted by atomic mass is 10.3. The summed E-state index contributed by atoms with van der Waals surface area (Å²) in [5.41, 5.74) is 0. The van der Waals surface area contributed by atoms with E-state index in [2.05, 4.69) is 47.8 Å². The molecule has 0 spiro atoms. The van der Waals surface area contributed by atoms with Crippen molar-refractivity contribution in [2.24, 2.45) is 0 Å². The summed E-state index contributed by atoms with van der Waals surface area (Å²) in [5.74, 6) is 1.60. The topological polar surface area (TPSA) is 9.23 Å². The van der Waals surface area contributed by atoms with Gasteiger partial charge in [-0.05, 0) is 36.4 Å². The number of ether oxygens (including phenoxy) is 1. The van der Waals surface area contributed by atoms with Crippen molar-refractivity contribution in [1.29, 1.82) is 0 Å². The lowest BCUT2D eigenvalue weighted by Crippen LogP contribution is -1.84. The Balaban J connectivity index is 2.27. The molecule has 16 heavy (non-hydrogen) atoms. The van der Waals surface area contributed by atoms with Crippen LogP contribution in [0.25, 0.3) is 0 Å². The van der Waals surface area contributed by atoms with E-state index in [1.165, 1.54) is 0 Å². The molecule has 2 aromatic rings. The highest BCUT2D eigenvalue weighted by atomic mass is 79.9. The summed E-state index contributed by atoms with van der Waals surface area (Å²) < 4.78 is 8.69. The molecule has 0 N–H and O–H groups in total. The maximum atomic E-state index is 5.73. The average molecular weight is 407 g/mol. The van der Waals surface area contributed by atoms with E-state index in [-0.39, 0.29) is 0 Å². The van der Waals surface area contributed by atoms with Crippen LogP contribution in [0.5, 0.6) is 11.5 Å². The molecule has 0 atom stereocenters. The highest BCUT2D eigenvalue weighted by molar-refractivity contribution is 9.11. The van der Waals surface area contributed by atoms with Gasteiger partial charge < -0.3 is 4.74 Å². The fourth-order valence-electron chi connectivity index (χ4n) is 1.25. The molecule has 0 amide bonds. The molecule has 2 rings (SSSR count). The van der Waals surface area contributed by atoms with Crippen LogP contribution in [0.4, 0.5) is 0 Å². The van der Waals surface area contributed by atoms with Gasteiger partial charge in [0, 0.05) is 13.4 Å². The van der Waals surface area contributed by atoms with Gasteiger partial charge in [-0.2, -0.15) is 0 Å². The van der Waals surface area contributed by atoms with Gasteiger partial charge in [-0.3, -0.25) is 0 Å². The Hall–Kier alpha value is -0.320. The first-order valence-electron chi connectivity index (χ1n) is 4.53. The molecule has 0 unspecified atom stereocenters. The summed E-state index contributed by atoms with van der Waals surface area (Å²) in [4.78, 5) is 0. The van der Waals surface area contributed by atoms with E-state index < -0.39 is 0 Å². The zero-order valence-corrected chi connectivity index (χ0v) is 12.8. The second-order valence-corrected chi connectivity index (χ2v) is 5.91. The van der Waals surface area contributed by atoms with E-state index in [1.807, 2.05) is 42.5 Å². The first kappa shape index (κ1) is 12.1. The molecule has 0 heterocycles. The van der Waals surface area contributed by atoms with E-state index in [9.17, 15) is 0 Å². The first-order valence-corrected chi connectivity index (χ1v) is 6.91. The molecule has 0 radical (unpaired) electrons. The highest BCUT2D eigenvalue weighted by Gasteiger charge is 2.01. The number of rotatable bonds is 2. The summed E-state index contributed by atoms with van der Waals surface area (Å²) in [6, 6.07) is 13.6. The largest absolute Gasteiger partial charge is 0.457 e. The third kappa shape index (κ3) is 3.34. The predicted octanol–water partition coefficient (Wildman–Crippen LogP) is 5.77. The van der Waals surface area contributed by atoms with Gasteiger partial charge in [0.1, 0.15) is 11.5 Å². The molecule has 0 fully saturated rings. The van der Waals surface area contributed by atoms with Crippen molar-refractivity contribution in [2.75, 3.05) is 0 Å². The Bertz CT molecular complexity index is 491. The molecule has 82 valence electrons. The predicted molar refractivity (Wildman–Crippen MR) is 76.1 cm³/mol. The van der Waals surface area contributed by atoms with Gasteiger partial charge in [-0.25, -0.2) is 0 Å². The first-order chi connectivity index (χ1) is 7.63. The maximum absolute atomic E-state index is 5.73. The number of halogens is 3. The monoisotopic (exact) mass is 404 g/mol. The molecule has 0 aliphatic rings. The van der Waals surface area contributed by atoms with Crippen molar-refractivity contribution in [3.63, 3.8) is 0 Å². The normalized spacial score (nSPS) is 10.2. The lowest BCUT2D eigenvalue weighted by Gasteiger charge is -2.07.